The molecule has 0 fully saturated rings. The first-order valence-electron chi connectivity index (χ1n) is 9.32. The maximum Gasteiger partial charge on any atom is 0.253 e. The first kappa shape index (κ1) is 20.6. The zero-order valence-corrected chi connectivity index (χ0v) is 17.1. The van der Waals surface area contributed by atoms with E-state index in [4.69, 9.17) is 4.99 Å². The second-order valence-electron chi connectivity index (χ2n) is 6.85. The molecule has 6 nitrogen and oxygen atoms in total. The zero-order chi connectivity index (χ0) is 19.8. The van der Waals surface area contributed by atoms with Crippen molar-refractivity contribution in [2.24, 2.45) is 12.0 Å². The van der Waals surface area contributed by atoms with E-state index in [-0.39, 0.29) is 5.91 Å². The van der Waals surface area contributed by atoms with E-state index in [1.54, 1.807) is 19.0 Å². The van der Waals surface area contributed by atoms with Gasteiger partial charge in [-0.15, -0.1) is 0 Å². The van der Waals surface area contributed by atoms with E-state index in [1.165, 1.54) is 5.69 Å². The second-order valence-corrected chi connectivity index (χ2v) is 6.85. The van der Waals surface area contributed by atoms with Crippen LogP contribution in [0.2, 0.25) is 0 Å². The van der Waals surface area contributed by atoms with Gasteiger partial charge in [-0.1, -0.05) is 12.1 Å². The van der Waals surface area contributed by atoms with Gasteiger partial charge < -0.3 is 19.7 Å². The Hall–Kier alpha value is -2.76. The minimum absolute atomic E-state index is 0.0241. The van der Waals surface area contributed by atoms with E-state index in [1.807, 2.05) is 31.3 Å². The van der Waals surface area contributed by atoms with E-state index in [2.05, 4.69) is 47.1 Å². The van der Waals surface area contributed by atoms with Gasteiger partial charge >= 0.3 is 0 Å². The highest BCUT2D eigenvalue weighted by Crippen LogP contribution is 2.09. The Morgan fingerprint density at radius 1 is 1.19 bits per heavy atom. The Labute approximate surface area is 162 Å². The smallest absolute Gasteiger partial charge is 0.253 e. The Balaban J connectivity index is 2.01. The number of guanidine groups is 1. The zero-order valence-electron chi connectivity index (χ0n) is 17.1. The third-order valence-electron chi connectivity index (χ3n) is 4.39. The number of aromatic nitrogens is 1. The molecule has 1 aromatic carbocycles. The van der Waals surface area contributed by atoms with Gasteiger partial charge in [0, 0.05) is 58.7 Å². The van der Waals surface area contributed by atoms with Gasteiger partial charge in [0.1, 0.15) is 0 Å². The second kappa shape index (κ2) is 9.80. The lowest BCUT2D eigenvalue weighted by Crippen LogP contribution is -2.39. The number of nitrogens with zero attached hydrogens (tertiary/aromatic N) is 4. The lowest BCUT2D eigenvalue weighted by Gasteiger charge is -2.22. The van der Waals surface area contributed by atoms with E-state index < -0.39 is 0 Å². The number of carbonyl (C=O) groups is 1. The van der Waals surface area contributed by atoms with E-state index in [0.717, 1.165) is 31.0 Å². The first-order valence-corrected chi connectivity index (χ1v) is 9.32. The third-order valence-corrected chi connectivity index (χ3v) is 4.39. The van der Waals surface area contributed by atoms with E-state index in [0.29, 0.717) is 12.1 Å². The standard InChI is InChI=1S/C21H31N5O/c1-6-22-21(26(5)16-19-11-8-14-25(19)4)23-13-12-17-9-7-10-18(15-17)20(27)24(2)3/h7-11,14-15H,6,12-13,16H2,1-5H3,(H,22,23). The Morgan fingerprint density at radius 3 is 2.59 bits per heavy atom. The molecule has 27 heavy (non-hydrogen) atoms. The molecule has 0 aliphatic rings. The van der Waals surface area contributed by atoms with Crippen LogP contribution in [-0.4, -0.2) is 60.5 Å². The molecule has 0 aliphatic heterocycles. The van der Waals surface area contributed by atoms with Gasteiger partial charge in [0.2, 0.25) is 0 Å². The lowest BCUT2D eigenvalue weighted by atomic mass is 10.1. The van der Waals surface area contributed by atoms with Crippen LogP contribution in [0.5, 0.6) is 0 Å². The molecule has 0 saturated heterocycles. The molecule has 0 bridgehead atoms. The van der Waals surface area contributed by atoms with E-state index >= 15 is 0 Å². The van der Waals surface area contributed by atoms with Gasteiger partial charge in [0.05, 0.1) is 6.54 Å². The van der Waals surface area contributed by atoms with Crippen molar-refractivity contribution in [3.8, 4) is 0 Å². The number of aryl methyl sites for hydroxylation is 1. The van der Waals surface area contributed by atoms with Crippen LogP contribution in [-0.2, 0) is 20.0 Å². The topological polar surface area (TPSA) is 52.9 Å². The lowest BCUT2D eigenvalue weighted by molar-refractivity contribution is 0.0827. The Bertz CT molecular complexity index is 778. The molecule has 0 unspecified atom stereocenters. The highest BCUT2D eigenvalue weighted by molar-refractivity contribution is 5.94. The molecule has 2 aromatic rings. The largest absolute Gasteiger partial charge is 0.357 e. The fourth-order valence-corrected chi connectivity index (χ4v) is 2.86. The molecule has 0 aliphatic carbocycles. The number of rotatable bonds is 7. The summed E-state index contributed by atoms with van der Waals surface area (Å²) in [5.74, 6) is 0.912. The average molecular weight is 370 g/mol. The van der Waals surface area contributed by atoms with Crippen LogP contribution >= 0.6 is 0 Å². The summed E-state index contributed by atoms with van der Waals surface area (Å²) in [6, 6.07) is 12.0. The van der Waals surface area contributed by atoms with Crippen LogP contribution in [0.1, 0.15) is 28.5 Å². The summed E-state index contributed by atoms with van der Waals surface area (Å²) in [6.45, 7) is 4.35. The minimum atomic E-state index is 0.0241. The summed E-state index contributed by atoms with van der Waals surface area (Å²) in [6.07, 6.45) is 2.84. The first-order chi connectivity index (χ1) is 12.9. The number of carbonyl (C=O) groups excluding carboxylic acids is 1. The molecule has 0 saturated carbocycles. The van der Waals surface area contributed by atoms with Gasteiger partial charge in [-0.3, -0.25) is 9.79 Å². The van der Waals surface area contributed by atoms with Crippen LogP contribution in [0, 0.1) is 0 Å². The highest BCUT2D eigenvalue weighted by Gasteiger charge is 2.10. The van der Waals surface area contributed by atoms with E-state index in [9.17, 15) is 4.79 Å². The van der Waals surface area contributed by atoms with Crippen LogP contribution in [0.3, 0.4) is 0 Å². The van der Waals surface area contributed by atoms with Gasteiger partial charge in [-0.05, 0) is 43.2 Å². The number of aliphatic imine (C=N–C) groups is 1. The maximum absolute atomic E-state index is 12.1. The summed E-state index contributed by atoms with van der Waals surface area (Å²) < 4.78 is 2.12. The third kappa shape index (κ3) is 5.88. The molecule has 6 heteroatoms. The van der Waals surface area contributed by atoms with Crippen molar-refractivity contribution in [3.63, 3.8) is 0 Å². The number of amides is 1. The van der Waals surface area contributed by atoms with Gasteiger partial charge in [0.25, 0.3) is 5.91 Å². The monoisotopic (exact) mass is 369 g/mol. The van der Waals surface area contributed by atoms with Crippen molar-refractivity contribution >= 4 is 11.9 Å². The minimum Gasteiger partial charge on any atom is -0.357 e. The van der Waals surface area contributed by atoms with Crippen molar-refractivity contribution < 1.29 is 4.79 Å². The normalized spacial score (nSPS) is 11.4. The summed E-state index contributed by atoms with van der Waals surface area (Å²) in [5.41, 5.74) is 3.07. The molecule has 0 spiro atoms. The van der Waals surface area contributed by atoms with Crippen LogP contribution in [0.25, 0.3) is 0 Å². The number of hydrogen-bond donors (Lipinski definition) is 1. The summed E-state index contributed by atoms with van der Waals surface area (Å²) in [4.78, 5) is 20.6. The number of nitrogens with one attached hydrogen (secondary N) is 1. The maximum atomic E-state index is 12.1. The van der Waals surface area contributed by atoms with Crippen LogP contribution in [0.15, 0.2) is 47.6 Å². The number of benzene rings is 1. The molecule has 0 radical (unpaired) electrons. The van der Waals surface area contributed by atoms with Crippen molar-refractivity contribution in [3.05, 3.63) is 59.4 Å². The van der Waals surface area contributed by atoms with Crippen molar-refractivity contribution in [1.29, 1.82) is 0 Å². The fraction of sp³-hybridized carbons (Fsp3) is 0.429. The Kier molecular flexibility index (Phi) is 7.46. The number of hydrogen-bond acceptors (Lipinski definition) is 2. The molecule has 146 valence electrons. The summed E-state index contributed by atoms with van der Waals surface area (Å²) >= 11 is 0. The molecule has 0 atom stereocenters. The SMILES string of the molecule is CCNC(=NCCc1cccc(C(=O)N(C)C)c1)N(C)Cc1cccn1C. The molecular formula is C21H31N5O. The Morgan fingerprint density at radius 2 is 1.96 bits per heavy atom. The fourth-order valence-electron chi connectivity index (χ4n) is 2.86. The quantitative estimate of drug-likeness (QED) is 0.602. The molecule has 1 N–H and O–H groups in total. The molecular weight excluding hydrogens is 338 g/mol. The molecule has 1 heterocycles. The molecule has 1 amide bonds. The summed E-state index contributed by atoms with van der Waals surface area (Å²) in [5, 5.41) is 3.35. The molecule has 1 aromatic heterocycles. The van der Waals surface area contributed by atoms with Crippen molar-refractivity contribution in [1.82, 2.24) is 19.7 Å². The predicted octanol–water partition coefficient (Wildman–Crippen LogP) is 2.37. The van der Waals surface area contributed by atoms with Gasteiger partial charge in [-0.25, -0.2) is 0 Å². The van der Waals surface area contributed by atoms with Crippen molar-refractivity contribution in [2.45, 2.75) is 19.9 Å². The summed E-state index contributed by atoms with van der Waals surface area (Å²) in [7, 11) is 7.63. The predicted molar refractivity (Wildman–Crippen MR) is 111 cm³/mol. The van der Waals surface area contributed by atoms with Crippen molar-refractivity contribution in [2.75, 3.05) is 34.2 Å². The van der Waals surface area contributed by atoms with Gasteiger partial charge in [-0.2, -0.15) is 0 Å². The van der Waals surface area contributed by atoms with Crippen LogP contribution in [0.4, 0.5) is 0 Å². The van der Waals surface area contributed by atoms with Crippen LogP contribution < -0.4 is 5.32 Å². The molecule has 2 rings (SSSR count). The highest BCUT2D eigenvalue weighted by atomic mass is 16.2. The van der Waals surface area contributed by atoms with Gasteiger partial charge in [0.15, 0.2) is 5.96 Å². The average Bonchev–Trinajstić information content (AvgIpc) is 3.05.